The fourth-order valence-corrected chi connectivity index (χ4v) is 7.87. The second kappa shape index (κ2) is 28.1. The van der Waals surface area contributed by atoms with E-state index < -0.39 is 5.60 Å². The summed E-state index contributed by atoms with van der Waals surface area (Å²) in [6, 6.07) is 11.2. The summed E-state index contributed by atoms with van der Waals surface area (Å²) >= 11 is 3.12. The molecular formula is C46H65BClN4O9S2. The van der Waals surface area contributed by atoms with E-state index in [4.69, 9.17) is 18.5 Å². The van der Waals surface area contributed by atoms with E-state index in [9.17, 15) is 24.0 Å². The van der Waals surface area contributed by atoms with Crippen LogP contribution < -0.4 is 5.32 Å². The van der Waals surface area contributed by atoms with Crippen molar-refractivity contribution in [1.82, 2.24) is 20.5 Å². The predicted octanol–water partition coefficient (Wildman–Crippen LogP) is 9.91. The summed E-state index contributed by atoms with van der Waals surface area (Å²) in [7, 11) is 0. The minimum Gasteiger partial charge on any atom is -0.460 e. The van der Waals surface area contributed by atoms with Gasteiger partial charge < -0.3 is 33.5 Å². The van der Waals surface area contributed by atoms with Crippen molar-refractivity contribution < 1.29 is 42.5 Å². The van der Waals surface area contributed by atoms with Gasteiger partial charge >= 0.3 is 11.9 Å². The normalized spacial score (nSPS) is 13.9. The molecular weight excluding hydrogens is 863 g/mol. The van der Waals surface area contributed by atoms with Crippen LogP contribution in [0.25, 0.3) is 21.3 Å². The molecule has 2 aliphatic rings. The average molecular weight is 928 g/mol. The van der Waals surface area contributed by atoms with Gasteiger partial charge in [-0.2, -0.15) is 0 Å². The molecule has 2 saturated heterocycles. The Kier molecular flexibility index (Phi) is 24.6. The van der Waals surface area contributed by atoms with Crippen LogP contribution in [0.15, 0.2) is 56.2 Å². The number of hydrogen-bond donors (Lipinski definition) is 1. The first-order valence-corrected chi connectivity index (χ1v) is 23.2. The number of ketones is 2. The predicted molar refractivity (Wildman–Crippen MR) is 251 cm³/mol. The smallest absolute Gasteiger partial charge is 0.306 e. The van der Waals surface area contributed by atoms with Crippen molar-refractivity contribution in [3.8, 4) is 21.3 Å². The molecule has 2 fully saturated rings. The van der Waals surface area contributed by atoms with E-state index in [-0.39, 0.29) is 49.9 Å². The Morgan fingerprint density at radius 2 is 1.19 bits per heavy atom. The van der Waals surface area contributed by atoms with Crippen molar-refractivity contribution in [2.24, 2.45) is 11.8 Å². The van der Waals surface area contributed by atoms with Gasteiger partial charge in [-0.15, -0.1) is 35.1 Å². The highest BCUT2D eigenvalue weighted by atomic mass is 35.5. The average Bonchev–Trinajstić information content (AvgIpc) is 4.00. The summed E-state index contributed by atoms with van der Waals surface area (Å²) in [6.07, 6.45) is 10.2. The molecule has 0 amide bonds. The van der Waals surface area contributed by atoms with E-state index in [1.165, 1.54) is 0 Å². The van der Waals surface area contributed by atoms with Crippen molar-refractivity contribution in [3.05, 3.63) is 58.5 Å². The number of thiophene rings is 2. The van der Waals surface area contributed by atoms with Crippen molar-refractivity contribution in [1.29, 1.82) is 0 Å². The van der Waals surface area contributed by atoms with Crippen molar-refractivity contribution in [3.63, 3.8) is 0 Å². The number of unbranched alkanes of at least 4 members (excludes halogenated alkanes) is 6. The summed E-state index contributed by atoms with van der Waals surface area (Å²) in [6.45, 7) is 16.3. The number of hydrogen-bond acceptors (Lipinski definition) is 15. The van der Waals surface area contributed by atoms with Gasteiger partial charge in [0.05, 0.1) is 22.6 Å². The summed E-state index contributed by atoms with van der Waals surface area (Å²) < 4.78 is 21.0. The quantitative estimate of drug-likeness (QED) is 0.0276. The van der Waals surface area contributed by atoms with E-state index >= 15 is 0 Å². The fraction of sp³-hybridized carbons (Fsp3) is 0.587. The highest BCUT2D eigenvalue weighted by Crippen LogP contribution is 2.27. The molecule has 2 aliphatic heterocycles. The van der Waals surface area contributed by atoms with Gasteiger partial charge in [0.1, 0.15) is 28.9 Å². The third-order valence-corrected chi connectivity index (χ3v) is 11.4. The number of halogens is 1. The molecule has 0 spiro atoms. The maximum absolute atomic E-state index is 12.3. The number of nitrogens with zero attached hydrogens (tertiary/aromatic N) is 3. The van der Waals surface area contributed by atoms with Crippen LogP contribution >= 0.6 is 35.1 Å². The van der Waals surface area contributed by atoms with Gasteiger partial charge in [-0.25, -0.2) is 0 Å². The fourth-order valence-electron chi connectivity index (χ4n) is 6.52. The molecule has 1 N–H and O–H groups in total. The topological polar surface area (TPSA) is 171 Å². The molecule has 345 valence electrons. The standard InChI is InChI=1S/C23H32N2O4S.C14H15NO3S.C9H17NO2.B.ClH/c1-23(2,3)28-22(27)13-17-15-25(16-17)11-7-5-4-6-9-19(26)18-14-20(29-24-18)21-10-8-12-30-21;16-8-4-2-1-3-6-12(17)11-10-13(18-15-11)14-7-5-9-19-14;1-9(2,3)12-8(11)4-7-5-10-6-7;;/h8,10,12,14,17H,4-7,9,11,13,15-16H2,1-3H3;5,7-10H,1-4,6H2;7,10H,4-6H2,1-3H3;;1H. The molecule has 6 rings (SSSR count). The molecule has 0 bridgehead atoms. The summed E-state index contributed by atoms with van der Waals surface area (Å²) in [5, 5.41) is 14.8. The molecule has 63 heavy (non-hydrogen) atoms. The molecule has 3 radical (unpaired) electrons. The van der Waals surface area contributed by atoms with E-state index in [0.29, 0.717) is 66.8 Å². The second-order valence-electron chi connectivity index (χ2n) is 17.6. The Morgan fingerprint density at radius 3 is 1.60 bits per heavy atom. The third-order valence-electron chi connectivity index (χ3n) is 9.62. The lowest BCUT2D eigenvalue weighted by Gasteiger charge is -2.39. The van der Waals surface area contributed by atoms with Gasteiger partial charge in [-0.1, -0.05) is 41.7 Å². The number of esters is 2. The van der Waals surface area contributed by atoms with Crippen LogP contribution in [0.1, 0.15) is 140 Å². The Hall–Kier alpha value is -3.96. The molecule has 0 aliphatic carbocycles. The van der Waals surface area contributed by atoms with Crippen molar-refractivity contribution >= 4 is 73.3 Å². The van der Waals surface area contributed by atoms with Gasteiger partial charge in [0.15, 0.2) is 23.1 Å². The highest BCUT2D eigenvalue weighted by Gasteiger charge is 2.30. The van der Waals surface area contributed by atoms with E-state index in [1.54, 1.807) is 34.8 Å². The number of likely N-dealkylation sites (tertiary alicyclic amines) is 1. The first kappa shape index (κ1) is 55.2. The molecule has 4 aromatic heterocycles. The Morgan fingerprint density at radius 1 is 0.730 bits per heavy atom. The van der Waals surface area contributed by atoms with Crippen LogP contribution in [0.3, 0.4) is 0 Å². The largest absolute Gasteiger partial charge is 0.460 e. The van der Waals surface area contributed by atoms with Crippen LogP contribution in [-0.4, -0.2) is 97.3 Å². The maximum atomic E-state index is 12.3. The lowest BCUT2D eigenvalue weighted by atomic mass is 9.95. The Balaban J connectivity index is 0.000000354. The van der Waals surface area contributed by atoms with Gasteiger partial charge in [0.25, 0.3) is 0 Å². The minimum atomic E-state index is -0.401. The van der Waals surface area contributed by atoms with Crippen LogP contribution in [0, 0.1) is 11.8 Å². The zero-order valence-corrected chi connectivity index (χ0v) is 40.1. The van der Waals surface area contributed by atoms with Crippen molar-refractivity contribution in [2.75, 3.05) is 32.7 Å². The zero-order valence-electron chi connectivity index (χ0n) is 37.7. The first-order chi connectivity index (χ1) is 29.1. The molecule has 13 nitrogen and oxygen atoms in total. The lowest BCUT2D eigenvalue weighted by molar-refractivity contribution is -0.158. The van der Waals surface area contributed by atoms with Gasteiger partial charge in [0.2, 0.25) is 0 Å². The van der Waals surface area contributed by atoms with Gasteiger partial charge in [-0.3, -0.25) is 19.2 Å². The van der Waals surface area contributed by atoms with E-state index in [1.807, 2.05) is 76.6 Å². The molecule has 6 heterocycles. The summed E-state index contributed by atoms with van der Waals surface area (Å²) in [4.78, 5) is 61.7. The van der Waals surface area contributed by atoms with E-state index in [2.05, 4.69) is 20.5 Å². The summed E-state index contributed by atoms with van der Waals surface area (Å²) in [5.74, 6) is 2.11. The number of carbonyl (C=O) groups is 5. The zero-order chi connectivity index (χ0) is 44.3. The lowest BCUT2D eigenvalue weighted by Crippen LogP contribution is -2.48. The SMILES string of the molecule is CC(C)(C)OC(=O)CC1CN(CCCCCCC(=O)c2cc(-c3cccs3)on2)C1.CC(C)(C)OC(=O)CC1CNC1.Cl.O=CCCCCCC(=O)c1cc(-c2cccs2)on1.[B]. The number of rotatable bonds is 21. The molecule has 17 heteroatoms. The highest BCUT2D eigenvalue weighted by molar-refractivity contribution is 7.13. The number of nitrogens with one attached hydrogen (secondary N) is 1. The summed E-state index contributed by atoms with van der Waals surface area (Å²) in [5.41, 5.74) is 0.0738. The number of carbonyl (C=O) groups excluding carboxylic acids is 5. The maximum Gasteiger partial charge on any atom is 0.306 e. The molecule has 0 atom stereocenters. The van der Waals surface area contributed by atoms with Crippen LogP contribution in [0.2, 0.25) is 0 Å². The molecule has 0 aromatic carbocycles. The first-order valence-electron chi connectivity index (χ1n) is 21.5. The number of aldehydes is 1. The number of aromatic nitrogens is 2. The Labute approximate surface area is 388 Å². The molecule has 0 unspecified atom stereocenters. The third kappa shape index (κ3) is 21.5. The van der Waals surface area contributed by atoms with Gasteiger partial charge in [-0.05, 0) is 122 Å². The molecule has 4 aromatic rings. The number of Topliss-reactive ketones (excluding diaryl/α,β-unsaturated/α-hetero) is 2. The minimum absolute atomic E-state index is 0. The van der Waals surface area contributed by atoms with Crippen LogP contribution in [0.4, 0.5) is 0 Å². The second-order valence-corrected chi connectivity index (χ2v) is 19.5. The van der Waals surface area contributed by atoms with E-state index in [0.717, 1.165) is 93.7 Å². The molecule has 0 saturated carbocycles. The Bertz CT molecular complexity index is 1930. The monoisotopic (exact) mass is 927 g/mol. The van der Waals surface area contributed by atoms with Crippen molar-refractivity contribution in [2.45, 2.75) is 130 Å². The number of ether oxygens (including phenoxy) is 2. The van der Waals surface area contributed by atoms with Crippen LogP contribution in [-0.2, 0) is 23.9 Å². The van der Waals surface area contributed by atoms with Gasteiger partial charge in [0, 0.05) is 52.9 Å². The van der Waals surface area contributed by atoms with Crippen LogP contribution in [0.5, 0.6) is 0 Å².